The molecule has 0 heterocycles. The summed E-state index contributed by atoms with van der Waals surface area (Å²) in [6.45, 7) is 2.81. The molecule has 0 spiro atoms. The minimum atomic E-state index is -3.85. The maximum Gasteiger partial charge on any atom is 0.241 e. The second kappa shape index (κ2) is 6.42. The Kier molecular flexibility index (Phi) is 5.42. The average Bonchev–Trinajstić information content (AvgIpc) is 2.31. The van der Waals surface area contributed by atoms with Crippen molar-refractivity contribution >= 4 is 10.0 Å². The fourth-order valence-corrected chi connectivity index (χ4v) is 3.22. The molecule has 0 aromatic heterocycles. The Morgan fingerprint density at radius 2 is 2.11 bits per heavy atom. The lowest BCUT2D eigenvalue weighted by atomic mass is 10.1. The van der Waals surface area contributed by atoms with Crippen LogP contribution < -0.4 is 4.72 Å². The van der Waals surface area contributed by atoms with Gasteiger partial charge in [-0.05, 0) is 31.5 Å². The topological polar surface area (TPSA) is 75.6 Å². The smallest absolute Gasteiger partial charge is 0.241 e. The van der Waals surface area contributed by atoms with E-state index in [0.717, 1.165) is 6.07 Å². The molecule has 0 saturated heterocycles. The van der Waals surface area contributed by atoms with Gasteiger partial charge in [-0.1, -0.05) is 0 Å². The first-order valence-corrected chi connectivity index (χ1v) is 7.21. The average molecular weight is 291 g/mol. The first kappa shape index (κ1) is 16.0. The van der Waals surface area contributed by atoms with Crippen molar-refractivity contribution in [3.8, 4) is 0 Å². The van der Waals surface area contributed by atoms with E-state index in [4.69, 9.17) is 9.84 Å². The normalized spacial score (nSPS) is 13.5. The van der Waals surface area contributed by atoms with Gasteiger partial charge in [-0.3, -0.25) is 0 Å². The Morgan fingerprint density at radius 3 is 2.63 bits per heavy atom. The van der Waals surface area contributed by atoms with E-state index in [1.165, 1.54) is 20.1 Å². The van der Waals surface area contributed by atoms with E-state index in [2.05, 4.69) is 4.72 Å². The third-order valence-corrected chi connectivity index (χ3v) is 4.32. The zero-order valence-electron chi connectivity index (χ0n) is 11.1. The molecule has 19 heavy (non-hydrogen) atoms. The number of ether oxygens (including phenoxy) is 1. The Morgan fingerprint density at radius 1 is 1.47 bits per heavy atom. The van der Waals surface area contributed by atoms with Crippen LogP contribution in [-0.2, 0) is 21.4 Å². The van der Waals surface area contributed by atoms with Gasteiger partial charge in [0.2, 0.25) is 10.0 Å². The van der Waals surface area contributed by atoms with Crippen LogP contribution in [0.5, 0.6) is 0 Å². The maximum absolute atomic E-state index is 13.6. The van der Waals surface area contributed by atoms with Gasteiger partial charge in [0.15, 0.2) is 0 Å². The van der Waals surface area contributed by atoms with Crippen molar-refractivity contribution in [2.24, 2.45) is 0 Å². The van der Waals surface area contributed by atoms with Crippen LogP contribution in [0.2, 0.25) is 0 Å². The summed E-state index contributed by atoms with van der Waals surface area (Å²) < 4.78 is 45.1. The van der Waals surface area contributed by atoms with Gasteiger partial charge in [0.05, 0.1) is 18.1 Å². The molecule has 5 nitrogen and oxygen atoms in total. The summed E-state index contributed by atoms with van der Waals surface area (Å²) in [5.41, 5.74) is 0.234. The molecule has 0 fully saturated rings. The predicted octanol–water partition coefficient (Wildman–Crippen LogP) is 0.940. The summed E-state index contributed by atoms with van der Waals surface area (Å²) in [4.78, 5) is -0.167. The van der Waals surface area contributed by atoms with E-state index >= 15 is 0 Å². The van der Waals surface area contributed by atoms with E-state index in [-0.39, 0.29) is 22.6 Å². The van der Waals surface area contributed by atoms with Crippen LogP contribution in [0.3, 0.4) is 0 Å². The number of halogens is 1. The minimum Gasteiger partial charge on any atom is -0.392 e. The monoisotopic (exact) mass is 291 g/mol. The second-order valence-corrected chi connectivity index (χ2v) is 6.02. The highest BCUT2D eigenvalue weighted by atomic mass is 32.2. The molecule has 0 bridgehead atoms. The zero-order chi connectivity index (χ0) is 14.6. The molecule has 1 rings (SSSR count). The molecule has 0 amide bonds. The fraction of sp³-hybridized carbons (Fsp3) is 0.500. The van der Waals surface area contributed by atoms with Gasteiger partial charge < -0.3 is 9.84 Å². The van der Waals surface area contributed by atoms with Crippen molar-refractivity contribution in [1.82, 2.24) is 4.72 Å². The van der Waals surface area contributed by atoms with Crippen LogP contribution in [0.1, 0.15) is 18.1 Å². The number of methoxy groups -OCH3 is 1. The van der Waals surface area contributed by atoms with Gasteiger partial charge in [-0.25, -0.2) is 17.5 Å². The van der Waals surface area contributed by atoms with Crippen LogP contribution >= 0.6 is 0 Å². The highest BCUT2D eigenvalue weighted by Crippen LogP contribution is 2.21. The van der Waals surface area contributed by atoms with Crippen molar-refractivity contribution in [3.05, 3.63) is 29.1 Å². The summed E-state index contributed by atoms with van der Waals surface area (Å²) in [6.07, 6.45) is 0. The van der Waals surface area contributed by atoms with E-state index in [0.29, 0.717) is 0 Å². The first-order valence-electron chi connectivity index (χ1n) is 5.73. The van der Waals surface area contributed by atoms with Crippen LogP contribution in [-0.4, -0.2) is 33.3 Å². The van der Waals surface area contributed by atoms with Gasteiger partial charge in [0.1, 0.15) is 5.82 Å². The van der Waals surface area contributed by atoms with Gasteiger partial charge in [-0.2, -0.15) is 0 Å². The van der Waals surface area contributed by atoms with Gasteiger partial charge in [-0.15, -0.1) is 0 Å². The molecule has 1 aromatic carbocycles. The highest BCUT2D eigenvalue weighted by Gasteiger charge is 2.22. The van der Waals surface area contributed by atoms with E-state index in [1.54, 1.807) is 6.92 Å². The summed E-state index contributed by atoms with van der Waals surface area (Å²) in [5.74, 6) is -0.661. The summed E-state index contributed by atoms with van der Waals surface area (Å²) in [6, 6.07) is 1.95. The summed E-state index contributed by atoms with van der Waals surface area (Å²) in [7, 11) is -2.39. The number of nitrogens with one attached hydrogen (secondary N) is 1. The van der Waals surface area contributed by atoms with E-state index in [1.807, 2.05) is 0 Å². The number of aliphatic hydroxyl groups excluding tert-OH is 1. The third kappa shape index (κ3) is 3.97. The number of aliphatic hydroxyl groups is 1. The third-order valence-electron chi connectivity index (χ3n) is 2.60. The van der Waals surface area contributed by atoms with Gasteiger partial charge in [0.25, 0.3) is 0 Å². The predicted molar refractivity (Wildman–Crippen MR) is 68.7 cm³/mol. The summed E-state index contributed by atoms with van der Waals surface area (Å²) >= 11 is 0. The molecule has 0 saturated carbocycles. The second-order valence-electron chi connectivity index (χ2n) is 4.34. The molecule has 1 atom stereocenters. The largest absolute Gasteiger partial charge is 0.392 e. The minimum absolute atomic E-state index is 0.0225. The van der Waals surface area contributed by atoms with Crippen LogP contribution in [0, 0.1) is 12.7 Å². The van der Waals surface area contributed by atoms with Crippen LogP contribution in [0.15, 0.2) is 17.0 Å². The molecule has 7 heteroatoms. The summed E-state index contributed by atoms with van der Waals surface area (Å²) in [5, 5.41) is 9.01. The molecule has 108 valence electrons. The maximum atomic E-state index is 13.6. The lowest BCUT2D eigenvalue weighted by Gasteiger charge is -2.15. The van der Waals surface area contributed by atoms with E-state index < -0.39 is 28.5 Å². The van der Waals surface area contributed by atoms with Crippen molar-refractivity contribution in [1.29, 1.82) is 0 Å². The Hall–Kier alpha value is -1.02. The van der Waals surface area contributed by atoms with Crippen molar-refractivity contribution < 1.29 is 22.7 Å². The molecular formula is C12H18FNO4S. The molecule has 0 aliphatic heterocycles. The Balaban J connectivity index is 3.17. The Bertz CT molecular complexity index is 545. The van der Waals surface area contributed by atoms with Gasteiger partial charge >= 0.3 is 0 Å². The molecular weight excluding hydrogens is 273 g/mol. The zero-order valence-corrected chi connectivity index (χ0v) is 11.9. The molecule has 0 radical (unpaired) electrons. The number of hydrogen-bond acceptors (Lipinski definition) is 4. The molecule has 1 aromatic rings. The molecule has 2 N–H and O–H groups in total. The van der Waals surface area contributed by atoms with Crippen LogP contribution in [0.4, 0.5) is 4.39 Å². The molecule has 0 aliphatic carbocycles. The quantitative estimate of drug-likeness (QED) is 0.818. The fourth-order valence-electron chi connectivity index (χ4n) is 1.69. The molecule has 1 unspecified atom stereocenters. The lowest BCUT2D eigenvalue weighted by molar-refractivity contribution is 0.180. The van der Waals surface area contributed by atoms with E-state index in [9.17, 15) is 12.8 Å². The van der Waals surface area contributed by atoms with Crippen molar-refractivity contribution in [3.63, 3.8) is 0 Å². The van der Waals surface area contributed by atoms with Crippen LogP contribution in [0.25, 0.3) is 0 Å². The highest BCUT2D eigenvalue weighted by molar-refractivity contribution is 7.89. The van der Waals surface area contributed by atoms with Crippen molar-refractivity contribution in [2.75, 3.05) is 13.7 Å². The standard InChI is InChI=1S/C12H18FNO4S/c1-8(7-18-3)14-19(16,17)12-5-10(6-15)4-11(13)9(12)2/h4-5,8,14-15H,6-7H2,1-3H3. The SMILES string of the molecule is COCC(C)NS(=O)(=O)c1cc(CO)cc(F)c1C. The number of benzene rings is 1. The number of rotatable bonds is 6. The van der Waals surface area contributed by atoms with Crippen molar-refractivity contribution in [2.45, 2.75) is 31.4 Å². The number of sulfonamides is 1. The Labute approximate surface area is 112 Å². The molecule has 0 aliphatic rings. The lowest BCUT2D eigenvalue weighted by Crippen LogP contribution is -2.36. The number of hydrogen-bond donors (Lipinski definition) is 2. The van der Waals surface area contributed by atoms with Gasteiger partial charge in [0, 0.05) is 18.7 Å². The first-order chi connectivity index (χ1) is 8.81.